The molecule has 1 saturated heterocycles. The summed E-state index contributed by atoms with van der Waals surface area (Å²) in [5, 5.41) is 0. The van der Waals surface area contributed by atoms with Crippen molar-refractivity contribution in [3.8, 4) is 0 Å². The SMILES string of the molecule is CC1[C@H](OCCN(C)C)CCN1C. The normalized spacial score (nSPS) is 30.2. The van der Waals surface area contributed by atoms with Crippen LogP contribution >= 0.6 is 0 Å². The third-order valence-corrected chi connectivity index (χ3v) is 2.87. The summed E-state index contributed by atoms with van der Waals surface area (Å²) in [6, 6.07) is 0.585. The first-order valence-electron chi connectivity index (χ1n) is 5.08. The molecular formula is C10H22N2O. The molecule has 1 rings (SSSR count). The fraction of sp³-hybridized carbons (Fsp3) is 1.00. The van der Waals surface area contributed by atoms with E-state index in [1.807, 2.05) is 0 Å². The Morgan fingerprint density at radius 3 is 2.62 bits per heavy atom. The van der Waals surface area contributed by atoms with Crippen molar-refractivity contribution in [3.05, 3.63) is 0 Å². The van der Waals surface area contributed by atoms with Crippen LogP contribution in [-0.4, -0.2) is 62.8 Å². The van der Waals surface area contributed by atoms with Crippen LogP contribution in [0.25, 0.3) is 0 Å². The molecule has 1 aliphatic heterocycles. The molecule has 0 bridgehead atoms. The molecule has 78 valence electrons. The van der Waals surface area contributed by atoms with E-state index in [1.165, 1.54) is 13.0 Å². The van der Waals surface area contributed by atoms with Gasteiger partial charge in [0, 0.05) is 19.1 Å². The summed E-state index contributed by atoms with van der Waals surface area (Å²) in [5.41, 5.74) is 0. The van der Waals surface area contributed by atoms with Crippen LogP contribution in [0.15, 0.2) is 0 Å². The second kappa shape index (κ2) is 4.94. The predicted molar refractivity (Wildman–Crippen MR) is 55.0 cm³/mol. The maximum atomic E-state index is 5.81. The Bertz CT molecular complexity index is 150. The lowest BCUT2D eigenvalue weighted by molar-refractivity contribution is 0.0285. The minimum atomic E-state index is 0.449. The molecule has 1 heterocycles. The molecular weight excluding hydrogens is 164 g/mol. The Morgan fingerprint density at radius 1 is 1.46 bits per heavy atom. The monoisotopic (exact) mass is 186 g/mol. The van der Waals surface area contributed by atoms with Gasteiger partial charge in [0.2, 0.25) is 0 Å². The quantitative estimate of drug-likeness (QED) is 0.641. The fourth-order valence-corrected chi connectivity index (χ4v) is 1.67. The highest BCUT2D eigenvalue weighted by Gasteiger charge is 2.28. The van der Waals surface area contributed by atoms with Gasteiger partial charge in [0.25, 0.3) is 0 Å². The van der Waals surface area contributed by atoms with E-state index in [4.69, 9.17) is 4.74 Å². The number of hydrogen-bond donors (Lipinski definition) is 0. The van der Waals surface area contributed by atoms with Crippen LogP contribution in [0.5, 0.6) is 0 Å². The number of likely N-dealkylation sites (tertiary alicyclic amines) is 1. The minimum Gasteiger partial charge on any atom is -0.375 e. The van der Waals surface area contributed by atoms with Crippen molar-refractivity contribution < 1.29 is 4.74 Å². The molecule has 0 aromatic carbocycles. The lowest BCUT2D eigenvalue weighted by Gasteiger charge is -2.21. The molecule has 0 aliphatic carbocycles. The van der Waals surface area contributed by atoms with Gasteiger partial charge in [-0.2, -0.15) is 0 Å². The highest BCUT2D eigenvalue weighted by atomic mass is 16.5. The van der Waals surface area contributed by atoms with Gasteiger partial charge in [-0.3, -0.25) is 0 Å². The summed E-state index contributed by atoms with van der Waals surface area (Å²) in [4.78, 5) is 4.52. The number of likely N-dealkylation sites (N-methyl/N-ethyl adjacent to an activating group) is 2. The van der Waals surface area contributed by atoms with Crippen LogP contribution in [0.3, 0.4) is 0 Å². The first-order chi connectivity index (χ1) is 6.11. The van der Waals surface area contributed by atoms with Crippen LogP contribution in [0.4, 0.5) is 0 Å². The Balaban J connectivity index is 2.15. The molecule has 1 unspecified atom stereocenters. The van der Waals surface area contributed by atoms with Gasteiger partial charge in [-0.05, 0) is 34.5 Å². The first kappa shape index (κ1) is 11.0. The molecule has 0 spiro atoms. The Hall–Kier alpha value is -0.120. The molecule has 0 aromatic rings. The average molecular weight is 186 g/mol. The van der Waals surface area contributed by atoms with Crippen molar-refractivity contribution in [2.75, 3.05) is 40.8 Å². The minimum absolute atomic E-state index is 0.449. The van der Waals surface area contributed by atoms with Crippen LogP contribution < -0.4 is 0 Å². The van der Waals surface area contributed by atoms with Gasteiger partial charge in [-0.15, -0.1) is 0 Å². The number of hydrogen-bond acceptors (Lipinski definition) is 3. The second-order valence-corrected chi connectivity index (χ2v) is 4.22. The second-order valence-electron chi connectivity index (χ2n) is 4.22. The lowest BCUT2D eigenvalue weighted by Crippen LogP contribution is -2.32. The third-order valence-electron chi connectivity index (χ3n) is 2.87. The van der Waals surface area contributed by atoms with E-state index in [0.717, 1.165) is 13.2 Å². The van der Waals surface area contributed by atoms with Crippen molar-refractivity contribution in [2.24, 2.45) is 0 Å². The van der Waals surface area contributed by atoms with Gasteiger partial charge in [0.15, 0.2) is 0 Å². The van der Waals surface area contributed by atoms with Crippen LogP contribution in [-0.2, 0) is 4.74 Å². The zero-order valence-electron chi connectivity index (χ0n) is 9.29. The molecule has 3 heteroatoms. The van der Waals surface area contributed by atoms with E-state index in [0.29, 0.717) is 12.1 Å². The van der Waals surface area contributed by atoms with Crippen molar-refractivity contribution >= 4 is 0 Å². The molecule has 13 heavy (non-hydrogen) atoms. The zero-order chi connectivity index (χ0) is 9.84. The molecule has 0 amide bonds. The number of ether oxygens (including phenoxy) is 1. The van der Waals surface area contributed by atoms with E-state index in [2.05, 4.69) is 37.9 Å². The van der Waals surface area contributed by atoms with E-state index in [9.17, 15) is 0 Å². The van der Waals surface area contributed by atoms with Gasteiger partial charge in [-0.1, -0.05) is 0 Å². The molecule has 0 N–H and O–H groups in total. The van der Waals surface area contributed by atoms with Gasteiger partial charge >= 0.3 is 0 Å². The fourth-order valence-electron chi connectivity index (χ4n) is 1.67. The third kappa shape index (κ3) is 3.25. The summed E-state index contributed by atoms with van der Waals surface area (Å²) < 4.78 is 5.81. The molecule has 0 saturated carbocycles. The number of rotatable bonds is 4. The largest absolute Gasteiger partial charge is 0.375 e. The lowest BCUT2D eigenvalue weighted by atomic mass is 10.2. The van der Waals surface area contributed by atoms with E-state index in [-0.39, 0.29) is 0 Å². The van der Waals surface area contributed by atoms with Gasteiger partial charge < -0.3 is 14.5 Å². The highest BCUT2D eigenvalue weighted by molar-refractivity contribution is 4.82. The van der Waals surface area contributed by atoms with Gasteiger partial charge in [0.1, 0.15) is 0 Å². The van der Waals surface area contributed by atoms with E-state index < -0.39 is 0 Å². The van der Waals surface area contributed by atoms with Crippen molar-refractivity contribution in [3.63, 3.8) is 0 Å². The first-order valence-corrected chi connectivity index (χ1v) is 5.08. The Morgan fingerprint density at radius 2 is 2.15 bits per heavy atom. The molecule has 2 atom stereocenters. The smallest absolute Gasteiger partial charge is 0.0740 e. The maximum absolute atomic E-state index is 5.81. The Labute approximate surface area is 81.7 Å². The molecule has 3 nitrogen and oxygen atoms in total. The molecule has 1 fully saturated rings. The molecule has 0 radical (unpaired) electrons. The highest BCUT2D eigenvalue weighted by Crippen LogP contribution is 2.18. The van der Waals surface area contributed by atoms with Gasteiger partial charge in [0.05, 0.1) is 12.7 Å². The topological polar surface area (TPSA) is 15.7 Å². The van der Waals surface area contributed by atoms with Crippen molar-refractivity contribution in [2.45, 2.75) is 25.5 Å². The summed E-state index contributed by atoms with van der Waals surface area (Å²) in [5.74, 6) is 0. The van der Waals surface area contributed by atoms with E-state index >= 15 is 0 Å². The summed E-state index contributed by atoms with van der Waals surface area (Å²) in [6.07, 6.45) is 1.63. The van der Waals surface area contributed by atoms with Crippen LogP contribution in [0, 0.1) is 0 Å². The summed E-state index contributed by atoms with van der Waals surface area (Å²) in [7, 11) is 6.32. The standard InChI is InChI=1S/C10H22N2O/c1-9-10(5-6-12(9)4)13-8-7-11(2)3/h9-10H,5-8H2,1-4H3/t9?,10-/m1/s1. The molecule has 1 aliphatic rings. The summed E-state index contributed by atoms with van der Waals surface area (Å²) in [6.45, 7) is 5.30. The van der Waals surface area contributed by atoms with Crippen LogP contribution in [0.2, 0.25) is 0 Å². The number of nitrogens with zero attached hydrogens (tertiary/aromatic N) is 2. The predicted octanol–water partition coefficient (Wildman–Crippen LogP) is 0.657. The Kier molecular flexibility index (Phi) is 4.16. The van der Waals surface area contributed by atoms with Gasteiger partial charge in [-0.25, -0.2) is 0 Å². The maximum Gasteiger partial charge on any atom is 0.0740 e. The average Bonchev–Trinajstić information content (AvgIpc) is 2.35. The van der Waals surface area contributed by atoms with Crippen molar-refractivity contribution in [1.82, 2.24) is 9.80 Å². The van der Waals surface area contributed by atoms with E-state index in [1.54, 1.807) is 0 Å². The summed E-state index contributed by atoms with van der Waals surface area (Å²) >= 11 is 0. The zero-order valence-corrected chi connectivity index (χ0v) is 9.29. The van der Waals surface area contributed by atoms with Crippen molar-refractivity contribution in [1.29, 1.82) is 0 Å². The van der Waals surface area contributed by atoms with Crippen LogP contribution in [0.1, 0.15) is 13.3 Å². The molecule has 0 aromatic heterocycles.